The molecule has 164 valence electrons. The molecule has 7 nitrogen and oxygen atoms in total. The first-order chi connectivity index (χ1) is 14.4. The summed E-state index contributed by atoms with van der Waals surface area (Å²) in [6.07, 6.45) is 0. The lowest BCUT2D eigenvalue weighted by atomic mass is 10.0. The van der Waals surface area contributed by atoms with Gasteiger partial charge in [0.05, 0.1) is 5.69 Å². The summed E-state index contributed by atoms with van der Waals surface area (Å²) in [7, 11) is 1.86. The van der Waals surface area contributed by atoms with Crippen LogP contribution in [-0.2, 0) is 6.54 Å². The van der Waals surface area contributed by atoms with E-state index in [0.29, 0.717) is 0 Å². The van der Waals surface area contributed by atoms with Crippen molar-refractivity contribution >= 4 is 5.96 Å². The number of aliphatic imine (C=N–C) groups is 1. The minimum absolute atomic E-state index is 0.0716. The van der Waals surface area contributed by atoms with Gasteiger partial charge in [-0.25, -0.2) is 0 Å². The van der Waals surface area contributed by atoms with Gasteiger partial charge in [-0.3, -0.25) is 9.89 Å². The number of hydrogen-bond acceptors (Lipinski definition) is 5. The lowest BCUT2D eigenvalue weighted by Crippen LogP contribution is -2.56. The van der Waals surface area contributed by atoms with E-state index in [1.807, 2.05) is 20.0 Å². The van der Waals surface area contributed by atoms with E-state index < -0.39 is 0 Å². The SMILES string of the molecule is CN=C(NCC(C)(C)NC(C)c1ccccc1)N1CCN(Cc2cc(C)on2)CC1. The molecule has 0 spiro atoms. The number of aryl methyl sites for hydroxylation is 1. The van der Waals surface area contributed by atoms with E-state index in [1.165, 1.54) is 5.56 Å². The van der Waals surface area contributed by atoms with E-state index >= 15 is 0 Å². The summed E-state index contributed by atoms with van der Waals surface area (Å²) in [6.45, 7) is 14.1. The van der Waals surface area contributed by atoms with Crippen molar-refractivity contribution < 1.29 is 4.52 Å². The second kappa shape index (κ2) is 10.1. The van der Waals surface area contributed by atoms with Gasteiger partial charge in [0.1, 0.15) is 5.76 Å². The number of aromatic nitrogens is 1. The molecular formula is C23H36N6O. The normalized spacial score (nSPS) is 17.2. The molecule has 2 heterocycles. The van der Waals surface area contributed by atoms with Gasteiger partial charge >= 0.3 is 0 Å². The van der Waals surface area contributed by atoms with Crippen LogP contribution in [0.15, 0.2) is 45.9 Å². The fourth-order valence-electron chi connectivity index (χ4n) is 3.93. The van der Waals surface area contributed by atoms with E-state index in [4.69, 9.17) is 4.52 Å². The smallest absolute Gasteiger partial charge is 0.193 e. The Kier molecular flexibility index (Phi) is 7.50. The fourth-order valence-corrected chi connectivity index (χ4v) is 3.93. The van der Waals surface area contributed by atoms with Gasteiger partial charge in [-0.15, -0.1) is 0 Å². The highest BCUT2D eigenvalue weighted by Gasteiger charge is 2.24. The van der Waals surface area contributed by atoms with Crippen LogP contribution in [0.25, 0.3) is 0 Å². The second-order valence-electron chi connectivity index (χ2n) is 8.75. The van der Waals surface area contributed by atoms with Crippen molar-refractivity contribution in [2.75, 3.05) is 39.8 Å². The zero-order valence-corrected chi connectivity index (χ0v) is 19.0. The molecule has 0 radical (unpaired) electrons. The van der Waals surface area contributed by atoms with Gasteiger partial charge < -0.3 is 20.1 Å². The van der Waals surface area contributed by atoms with Crippen molar-refractivity contribution in [2.24, 2.45) is 4.99 Å². The van der Waals surface area contributed by atoms with Gasteiger partial charge in [0.2, 0.25) is 0 Å². The number of guanidine groups is 1. The second-order valence-corrected chi connectivity index (χ2v) is 8.75. The molecule has 30 heavy (non-hydrogen) atoms. The van der Waals surface area contributed by atoms with E-state index in [9.17, 15) is 0 Å². The first kappa shape index (κ1) is 22.3. The summed E-state index contributed by atoms with van der Waals surface area (Å²) in [5, 5.41) is 11.4. The average Bonchev–Trinajstić information content (AvgIpc) is 3.14. The van der Waals surface area contributed by atoms with Crippen molar-refractivity contribution in [3.05, 3.63) is 53.4 Å². The number of piperazine rings is 1. The molecule has 1 aliphatic rings. The Morgan fingerprint density at radius 3 is 2.50 bits per heavy atom. The van der Waals surface area contributed by atoms with Gasteiger partial charge in [0.25, 0.3) is 0 Å². The molecule has 3 rings (SSSR count). The highest BCUT2D eigenvalue weighted by molar-refractivity contribution is 5.80. The largest absolute Gasteiger partial charge is 0.361 e. The van der Waals surface area contributed by atoms with E-state index in [2.05, 4.69) is 81.7 Å². The number of benzene rings is 1. The first-order valence-electron chi connectivity index (χ1n) is 10.8. The summed E-state index contributed by atoms with van der Waals surface area (Å²) < 4.78 is 5.18. The molecule has 0 aliphatic carbocycles. The average molecular weight is 413 g/mol. The van der Waals surface area contributed by atoms with E-state index in [1.54, 1.807) is 0 Å². The van der Waals surface area contributed by atoms with E-state index in [0.717, 1.165) is 56.7 Å². The lowest BCUT2D eigenvalue weighted by molar-refractivity contribution is 0.168. The van der Waals surface area contributed by atoms with Gasteiger partial charge in [0, 0.05) is 64.0 Å². The van der Waals surface area contributed by atoms with E-state index in [-0.39, 0.29) is 11.6 Å². The minimum Gasteiger partial charge on any atom is -0.361 e. The highest BCUT2D eigenvalue weighted by atomic mass is 16.5. The molecule has 0 amide bonds. The van der Waals surface area contributed by atoms with Crippen LogP contribution >= 0.6 is 0 Å². The zero-order chi connectivity index (χ0) is 21.6. The molecule has 0 bridgehead atoms. The maximum atomic E-state index is 5.18. The van der Waals surface area contributed by atoms with Crippen molar-refractivity contribution in [1.29, 1.82) is 0 Å². The van der Waals surface area contributed by atoms with Crippen molar-refractivity contribution in [3.8, 4) is 0 Å². The summed E-state index contributed by atoms with van der Waals surface area (Å²) in [4.78, 5) is 9.27. The standard InChI is InChI=1S/C23H36N6O/c1-18-15-21(27-30-18)16-28-11-13-29(14-12-28)22(24-5)25-17-23(3,4)26-19(2)20-9-7-6-8-10-20/h6-10,15,19,26H,11-14,16-17H2,1-5H3,(H,24,25). The fraction of sp³-hybridized carbons (Fsp3) is 0.565. The molecule has 1 atom stereocenters. The van der Waals surface area contributed by atoms with Gasteiger partial charge in [-0.1, -0.05) is 35.5 Å². The predicted molar refractivity (Wildman–Crippen MR) is 122 cm³/mol. The zero-order valence-electron chi connectivity index (χ0n) is 19.0. The summed E-state index contributed by atoms with van der Waals surface area (Å²) in [5.74, 6) is 1.83. The molecule has 1 aromatic heterocycles. The van der Waals surface area contributed by atoms with Crippen LogP contribution in [0.5, 0.6) is 0 Å². The molecule has 1 aliphatic heterocycles. The van der Waals surface area contributed by atoms with Crippen LogP contribution in [0.1, 0.15) is 43.8 Å². The summed E-state index contributed by atoms with van der Waals surface area (Å²) in [5.41, 5.74) is 2.23. The van der Waals surface area contributed by atoms with Crippen LogP contribution in [-0.4, -0.2) is 66.2 Å². The molecule has 7 heteroatoms. The van der Waals surface area contributed by atoms with Crippen LogP contribution in [0.3, 0.4) is 0 Å². The summed E-state index contributed by atoms with van der Waals surface area (Å²) >= 11 is 0. The molecule has 1 aromatic carbocycles. The van der Waals surface area contributed by atoms with Gasteiger partial charge in [-0.05, 0) is 33.3 Å². The monoisotopic (exact) mass is 412 g/mol. The Labute approximate surface area is 180 Å². The Morgan fingerprint density at radius 2 is 1.90 bits per heavy atom. The van der Waals surface area contributed by atoms with Crippen molar-refractivity contribution in [3.63, 3.8) is 0 Å². The number of hydrogen-bond donors (Lipinski definition) is 2. The quantitative estimate of drug-likeness (QED) is 0.538. The topological polar surface area (TPSA) is 68.9 Å². The van der Waals surface area contributed by atoms with Gasteiger partial charge in [-0.2, -0.15) is 0 Å². The van der Waals surface area contributed by atoms with Crippen LogP contribution in [0.4, 0.5) is 0 Å². The first-order valence-corrected chi connectivity index (χ1v) is 10.8. The molecule has 1 saturated heterocycles. The molecule has 1 unspecified atom stereocenters. The Bertz CT molecular complexity index is 808. The van der Waals surface area contributed by atoms with Crippen molar-refractivity contribution in [1.82, 2.24) is 25.6 Å². The third kappa shape index (κ3) is 6.31. The molecular weight excluding hydrogens is 376 g/mol. The number of nitrogens with zero attached hydrogens (tertiary/aromatic N) is 4. The summed E-state index contributed by atoms with van der Waals surface area (Å²) in [6, 6.07) is 12.9. The third-order valence-corrected chi connectivity index (χ3v) is 5.54. The van der Waals surface area contributed by atoms with Gasteiger partial charge in [0.15, 0.2) is 5.96 Å². The van der Waals surface area contributed by atoms with Crippen LogP contribution in [0, 0.1) is 6.92 Å². The van der Waals surface area contributed by atoms with Crippen molar-refractivity contribution in [2.45, 2.75) is 45.8 Å². The minimum atomic E-state index is -0.0716. The highest BCUT2D eigenvalue weighted by Crippen LogP contribution is 2.16. The predicted octanol–water partition coefficient (Wildman–Crippen LogP) is 2.81. The molecule has 0 saturated carbocycles. The number of nitrogens with one attached hydrogen (secondary N) is 2. The molecule has 2 N–H and O–H groups in total. The lowest BCUT2D eigenvalue weighted by Gasteiger charge is -2.37. The Balaban J connectivity index is 1.46. The Morgan fingerprint density at radius 1 is 1.20 bits per heavy atom. The van der Waals surface area contributed by atoms with Crippen LogP contribution in [0.2, 0.25) is 0 Å². The molecule has 2 aromatic rings. The maximum absolute atomic E-state index is 5.18. The Hall–Kier alpha value is -2.38. The van der Waals surface area contributed by atoms with Crippen LogP contribution < -0.4 is 10.6 Å². The third-order valence-electron chi connectivity index (χ3n) is 5.54. The maximum Gasteiger partial charge on any atom is 0.193 e. The molecule has 1 fully saturated rings. The number of rotatable bonds is 7.